The van der Waals surface area contributed by atoms with E-state index < -0.39 is 30.0 Å². The Balaban J connectivity index is 0.000000275. The van der Waals surface area contributed by atoms with E-state index >= 15 is 0 Å². The SMILES string of the molecule is CN(C)c1ccccc1[PH+](C1CCCCC1)C1CCCCC1.Cc1[c-]cc(OS(=O)(=O)F)c(F)c1.[Cl][Au]. The van der Waals surface area contributed by atoms with Crippen LogP contribution in [0.2, 0.25) is 0 Å². The molecule has 2 aromatic carbocycles. The Morgan fingerprint density at radius 1 is 1.00 bits per heavy atom. The van der Waals surface area contributed by atoms with Gasteiger partial charge in [0.1, 0.15) is 5.30 Å². The maximum absolute atomic E-state index is 12.8. The van der Waals surface area contributed by atoms with Crippen molar-refractivity contribution in [3.05, 3.63) is 53.8 Å². The first-order valence-corrected chi connectivity index (χ1v) is 18.4. The Hall–Kier alpha value is -0.690. The predicted octanol–water partition coefficient (Wildman–Crippen LogP) is 7.47. The number of anilines is 1. The molecule has 0 heterocycles. The maximum atomic E-state index is 12.8. The molecule has 0 amide bonds. The first-order chi connectivity index (χ1) is 17.7. The molecule has 4 rings (SSSR count). The van der Waals surface area contributed by atoms with Crippen LogP contribution in [0, 0.1) is 18.8 Å². The summed E-state index contributed by atoms with van der Waals surface area (Å²) in [6.45, 7) is 1.55. The van der Waals surface area contributed by atoms with Crippen LogP contribution in [0.5, 0.6) is 5.75 Å². The Morgan fingerprint density at radius 3 is 1.97 bits per heavy atom. The molecular weight excluding hydrogens is 720 g/mol. The number of aryl methyl sites for hydroxylation is 1. The van der Waals surface area contributed by atoms with Gasteiger partial charge in [0.2, 0.25) is 0 Å². The van der Waals surface area contributed by atoms with Crippen LogP contribution in [0.15, 0.2) is 36.4 Å². The fourth-order valence-electron chi connectivity index (χ4n) is 5.43. The Labute approximate surface area is 239 Å². The average Bonchev–Trinajstić information content (AvgIpc) is 2.88. The van der Waals surface area contributed by atoms with E-state index in [-0.39, 0.29) is 0 Å². The molecule has 0 N–H and O–H groups in total. The fraction of sp³-hybridized carbons (Fsp3) is 0.556. The van der Waals surface area contributed by atoms with E-state index in [1.807, 2.05) is 0 Å². The molecule has 0 spiro atoms. The van der Waals surface area contributed by atoms with Crippen LogP contribution in [0.1, 0.15) is 69.8 Å². The quantitative estimate of drug-likeness (QED) is 0.133. The van der Waals surface area contributed by atoms with Gasteiger partial charge in [-0.05, 0) is 63.5 Å². The monoisotopic (exact) mass is 757 g/mol. The number of hydrogen-bond acceptors (Lipinski definition) is 4. The minimum atomic E-state index is -5.17. The zero-order valence-electron chi connectivity index (χ0n) is 21.7. The van der Waals surface area contributed by atoms with Gasteiger partial charge in [-0.3, -0.25) is 0 Å². The molecule has 0 aliphatic heterocycles. The standard InChI is InChI=1S/C20H32NP.C7H5F2O3S.Au.ClH/c1-21(2)19-15-9-10-16-20(19)22(17-11-5-3-6-12-17)18-13-7-4-8-14-18;1-5-2-3-7(6(8)4-5)12-13(9,10)11;;/h9-10,15-18H,3-8,11-14H2,1-2H3;3-4H,1H3;;1H/q;-1;+1;. The van der Waals surface area contributed by atoms with Crippen LogP contribution >= 0.6 is 17.1 Å². The van der Waals surface area contributed by atoms with Crippen LogP contribution in [-0.2, 0) is 30.5 Å². The van der Waals surface area contributed by atoms with Crippen molar-refractivity contribution in [3.63, 3.8) is 0 Å². The molecule has 37 heavy (non-hydrogen) atoms. The summed E-state index contributed by atoms with van der Waals surface area (Å²) in [5.74, 6) is -1.65. The summed E-state index contributed by atoms with van der Waals surface area (Å²) in [7, 11) is 3.42. The predicted molar refractivity (Wildman–Crippen MR) is 149 cm³/mol. The number of halogens is 3. The average molecular weight is 758 g/mol. The van der Waals surface area contributed by atoms with E-state index in [9.17, 15) is 16.7 Å². The Bertz CT molecular complexity index is 1050. The molecule has 0 saturated heterocycles. The van der Waals surface area contributed by atoms with E-state index in [0.29, 0.717) is 5.56 Å². The van der Waals surface area contributed by atoms with Gasteiger partial charge >= 0.3 is 39.7 Å². The third-order valence-corrected chi connectivity index (χ3v) is 11.3. The van der Waals surface area contributed by atoms with Gasteiger partial charge < -0.3 is 9.08 Å². The molecular formula is C27H38AuClF2NO3PS. The summed E-state index contributed by atoms with van der Waals surface area (Å²) in [5, 5.41) is 1.75. The molecule has 10 heteroatoms. The number of benzene rings is 2. The van der Waals surface area contributed by atoms with Crippen molar-refractivity contribution in [3.8, 4) is 5.75 Å². The van der Waals surface area contributed by atoms with E-state index in [2.05, 4.69) is 62.7 Å². The summed E-state index contributed by atoms with van der Waals surface area (Å²) in [4.78, 5) is 2.35. The normalized spacial score (nSPS) is 16.8. The summed E-state index contributed by atoms with van der Waals surface area (Å²) in [5.41, 5.74) is 4.03. The van der Waals surface area contributed by atoms with E-state index in [1.54, 1.807) is 32.2 Å². The second kappa shape index (κ2) is 16.4. The number of para-hydroxylation sites is 1. The van der Waals surface area contributed by atoms with Crippen molar-refractivity contribution >= 4 is 38.6 Å². The number of nitrogens with zero attached hydrogens (tertiary/aromatic N) is 1. The molecule has 212 valence electrons. The third-order valence-electron chi connectivity index (χ3n) is 6.99. The van der Waals surface area contributed by atoms with E-state index in [4.69, 9.17) is 0 Å². The van der Waals surface area contributed by atoms with Gasteiger partial charge in [-0.25, -0.2) is 4.39 Å². The molecule has 2 aliphatic carbocycles. The molecule has 0 unspecified atom stereocenters. The molecule has 2 saturated carbocycles. The van der Waals surface area contributed by atoms with Gasteiger partial charge in [-0.15, -0.1) is 12.1 Å². The van der Waals surface area contributed by atoms with Crippen LogP contribution in [0.25, 0.3) is 0 Å². The van der Waals surface area contributed by atoms with Crippen LogP contribution in [-0.4, -0.2) is 33.8 Å². The van der Waals surface area contributed by atoms with Gasteiger partial charge in [0.25, 0.3) is 0 Å². The summed E-state index contributed by atoms with van der Waals surface area (Å²) < 4.78 is 48.4. The van der Waals surface area contributed by atoms with Gasteiger partial charge in [-0.2, -0.15) is 20.0 Å². The summed E-state index contributed by atoms with van der Waals surface area (Å²) >= 11 is 1.75. The van der Waals surface area contributed by atoms with Crippen LogP contribution in [0.3, 0.4) is 0 Å². The number of rotatable bonds is 6. The van der Waals surface area contributed by atoms with Crippen molar-refractivity contribution in [2.75, 3.05) is 19.0 Å². The van der Waals surface area contributed by atoms with Crippen molar-refractivity contribution in [1.29, 1.82) is 0 Å². The topological polar surface area (TPSA) is 46.6 Å². The second-order valence-electron chi connectivity index (χ2n) is 9.84. The first-order valence-electron chi connectivity index (χ1n) is 12.7. The zero-order chi connectivity index (χ0) is 27.4. The van der Waals surface area contributed by atoms with Gasteiger partial charge in [0.05, 0.1) is 28.6 Å². The molecule has 0 radical (unpaired) electrons. The molecule has 4 nitrogen and oxygen atoms in total. The van der Waals surface area contributed by atoms with E-state index in [0.717, 1.165) is 23.5 Å². The Kier molecular flexibility index (Phi) is 14.4. The minimum absolute atomic E-state index is 0.439. The van der Waals surface area contributed by atoms with Gasteiger partial charge in [0, 0.05) is 22.0 Å². The third kappa shape index (κ3) is 10.8. The molecule has 0 aromatic heterocycles. The molecule has 2 aliphatic rings. The number of hydrogen-bond donors (Lipinski definition) is 0. The van der Waals surface area contributed by atoms with Gasteiger partial charge in [0.15, 0.2) is 0 Å². The van der Waals surface area contributed by atoms with Gasteiger partial charge in [-0.1, -0.05) is 35.8 Å². The molecule has 2 fully saturated rings. The van der Waals surface area contributed by atoms with Crippen molar-refractivity contribution in [1.82, 2.24) is 0 Å². The molecule has 0 bridgehead atoms. The van der Waals surface area contributed by atoms with Crippen molar-refractivity contribution < 1.29 is 40.9 Å². The summed E-state index contributed by atoms with van der Waals surface area (Å²) in [6, 6.07) is 13.7. The van der Waals surface area contributed by atoms with Crippen molar-refractivity contribution in [2.45, 2.75) is 82.4 Å². The Morgan fingerprint density at radius 2 is 1.51 bits per heavy atom. The fourth-order valence-corrected chi connectivity index (χ4v) is 10.3. The first kappa shape index (κ1) is 32.5. The molecule has 0 atom stereocenters. The second-order valence-corrected chi connectivity index (χ2v) is 13.9. The van der Waals surface area contributed by atoms with Crippen molar-refractivity contribution in [2.24, 2.45) is 0 Å². The summed E-state index contributed by atoms with van der Waals surface area (Å²) in [6.07, 6.45) is 14.9. The van der Waals surface area contributed by atoms with Crippen LogP contribution in [0.4, 0.5) is 14.0 Å². The zero-order valence-corrected chi connectivity index (χ0v) is 26.4. The molecule has 2 aromatic rings. The van der Waals surface area contributed by atoms with E-state index in [1.165, 1.54) is 69.9 Å². The van der Waals surface area contributed by atoms with Crippen LogP contribution < -0.4 is 14.4 Å².